The van der Waals surface area contributed by atoms with E-state index in [2.05, 4.69) is 9.71 Å². The Bertz CT molecular complexity index is 750. The second-order valence-corrected chi connectivity index (χ2v) is 6.22. The molecule has 0 aliphatic heterocycles. The maximum Gasteiger partial charge on any atom is 0.248 e. The lowest BCUT2D eigenvalue weighted by molar-refractivity contribution is 0.556. The SMILES string of the molecule is CCC(C)NS(=O)(=O)c1ccc2[nH]c(=O)ccc2c1. The molecule has 1 unspecified atom stereocenters. The molecule has 19 heavy (non-hydrogen) atoms. The summed E-state index contributed by atoms with van der Waals surface area (Å²) in [5.41, 5.74) is 0.413. The van der Waals surface area contributed by atoms with Crippen molar-refractivity contribution in [2.75, 3.05) is 0 Å². The van der Waals surface area contributed by atoms with Gasteiger partial charge >= 0.3 is 0 Å². The van der Waals surface area contributed by atoms with Gasteiger partial charge in [-0.15, -0.1) is 0 Å². The minimum absolute atomic E-state index is 0.115. The van der Waals surface area contributed by atoms with Crippen molar-refractivity contribution in [1.82, 2.24) is 9.71 Å². The van der Waals surface area contributed by atoms with Crippen molar-refractivity contribution in [2.45, 2.75) is 31.2 Å². The van der Waals surface area contributed by atoms with Crippen molar-refractivity contribution in [3.63, 3.8) is 0 Å². The van der Waals surface area contributed by atoms with Gasteiger partial charge in [0.15, 0.2) is 0 Å². The van der Waals surface area contributed by atoms with E-state index in [0.717, 1.165) is 6.42 Å². The van der Waals surface area contributed by atoms with Gasteiger partial charge in [0.05, 0.1) is 4.90 Å². The molecule has 6 heteroatoms. The molecule has 1 atom stereocenters. The molecule has 5 nitrogen and oxygen atoms in total. The summed E-state index contributed by atoms with van der Waals surface area (Å²) in [6, 6.07) is 7.51. The molecule has 0 aliphatic rings. The van der Waals surface area contributed by atoms with Crippen molar-refractivity contribution in [2.24, 2.45) is 0 Å². The third kappa shape index (κ3) is 3.02. The smallest absolute Gasteiger partial charge is 0.248 e. The van der Waals surface area contributed by atoms with E-state index >= 15 is 0 Å². The quantitative estimate of drug-likeness (QED) is 0.893. The number of nitrogens with one attached hydrogen (secondary N) is 2. The van der Waals surface area contributed by atoms with Gasteiger partial charge in [0.1, 0.15) is 0 Å². The Morgan fingerprint density at radius 2 is 2.00 bits per heavy atom. The lowest BCUT2D eigenvalue weighted by Gasteiger charge is -2.12. The van der Waals surface area contributed by atoms with Crippen LogP contribution in [0.3, 0.4) is 0 Å². The van der Waals surface area contributed by atoms with E-state index in [4.69, 9.17) is 0 Å². The van der Waals surface area contributed by atoms with Crippen LogP contribution in [0.4, 0.5) is 0 Å². The number of aromatic nitrogens is 1. The topological polar surface area (TPSA) is 79.0 Å². The third-order valence-electron chi connectivity index (χ3n) is 2.97. The summed E-state index contributed by atoms with van der Waals surface area (Å²) in [5.74, 6) is 0. The fourth-order valence-corrected chi connectivity index (χ4v) is 3.08. The van der Waals surface area contributed by atoms with Crippen molar-refractivity contribution in [3.8, 4) is 0 Å². The van der Waals surface area contributed by atoms with Gasteiger partial charge in [0, 0.05) is 17.6 Å². The Balaban J connectivity index is 2.46. The second-order valence-electron chi connectivity index (χ2n) is 4.50. The lowest BCUT2D eigenvalue weighted by atomic mass is 10.2. The predicted octanol–water partition coefficient (Wildman–Crippen LogP) is 1.60. The zero-order valence-corrected chi connectivity index (χ0v) is 11.6. The molecule has 0 radical (unpaired) electrons. The molecule has 1 heterocycles. The highest BCUT2D eigenvalue weighted by molar-refractivity contribution is 7.89. The molecule has 0 spiro atoms. The predicted molar refractivity (Wildman–Crippen MR) is 74.6 cm³/mol. The van der Waals surface area contributed by atoms with E-state index in [0.29, 0.717) is 10.9 Å². The fraction of sp³-hybridized carbons (Fsp3) is 0.308. The summed E-state index contributed by atoms with van der Waals surface area (Å²) >= 11 is 0. The number of benzene rings is 1. The van der Waals surface area contributed by atoms with Gasteiger partial charge < -0.3 is 4.98 Å². The molecule has 0 fully saturated rings. The molecule has 102 valence electrons. The summed E-state index contributed by atoms with van der Waals surface area (Å²) < 4.78 is 26.9. The zero-order valence-electron chi connectivity index (χ0n) is 10.8. The highest BCUT2D eigenvalue weighted by Crippen LogP contribution is 2.16. The number of fused-ring (bicyclic) bond motifs is 1. The molecule has 0 bridgehead atoms. The Kier molecular flexibility index (Phi) is 3.73. The van der Waals surface area contributed by atoms with Crippen LogP contribution in [0.2, 0.25) is 0 Å². The normalized spacial score (nSPS) is 13.6. The van der Waals surface area contributed by atoms with Crippen molar-refractivity contribution < 1.29 is 8.42 Å². The lowest BCUT2D eigenvalue weighted by Crippen LogP contribution is -2.31. The molecular weight excluding hydrogens is 264 g/mol. The first-order valence-corrected chi connectivity index (χ1v) is 7.56. The molecule has 0 saturated carbocycles. The van der Waals surface area contributed by atoms with Gasteiger partial charge in [-0.1, -0.05) is 6.92 Å². The van der Waals surface area contributed by atoms with Crippen LogP contribution < -0.4 is 10.3 Å². The zero-order chi connectivity index (χ0) is 14.0. The van der Waals surface area contributed by atoms with Gasteiger partial charge in [0.25, 0.3) is 0 Å². The number of rotatable bonds is 4. The maximum absolute atomic E-state index is 12.1. The number of H-pyrrole nitrogens is 1. The minimum atomic E-state index is -3.52. The number of hydrogen-bond acceptors (Lipinski definition) is 3. The number of hydrogen-bond donors (Lipinski definition) is 2. The van der Waals surface area contributed by atoms with E-state index in [1.807, 2.05) is 13.8 Å². The molecule has 2 rings (SSSR count). The fourth-order valence-electron chi connectivity index (χ4n) is 1.72. The third-order valence-corrected chi connectivity index (χ3v) is 4.56. The Morgan fingerprint density at radius 3 is 2.68 bits per heavy atom. The number of pyridine rings is 1. The highest BCUT2D eigenvalue weighted by Gasteiger charge is 2.16. The summed E-state index contributed by atoms with van der Waals surface area (Å²) in [4.78, 5) is 14.0. The second kappa shape index (κ2) is 5.14. The summed E-state index contributed by atoms with van der Waals surface area (Å²) in [6.45, 7) is 3.73. The van der Waals surface area contributed by atoms with E-state index in [-0.39, 0.29) is 16.5 Å². The first-order valence-electron chi connectivity index (χ1n) is 6.08. The molecule has 0 aliphatic carbocycles. The van der Waals surface area contributed by atoms with Crippen molar-refractivity contribution in [3.05, 3.63) is 40.7 Å². The van der Waals surface area contributed by atoms with Crippen LogP contribution in [-0.2, 0) is 10.0 Å². The van der Waals surface area contributed by atoms with Crippen LogP contribution in [0, 0.1) is 0 Å². The van der Waals surface area contributed by atoms with Gasteiger partial charge in [-0.2, -0.15) is 0 Å². The first kappa shape index (κ1) is 13.8. The van der Waals surface area contributed by atoms with Gasteiger partial charge in [-0.05, 0) is 43.0 Å². The molecular formula is C13H16N2O3S. The minimum Gasteiger partial charge on any atom is -0.322 e. The average Bonchev–Trinajstić information content (AvgIpc) is 2.37. The standard InChI is InChI=1S/C13H16N2O3S/c1-3-9(2)15-19(17,18)11-5-6-12-10(8-11)4-7-13(16)14-12/h4-9,15H,3H2,1-2H3,(H,14,16). The summed E-state index contributed by atoms with van der Waals surface area (Å²) in [6.07, 6.45) is 0.722. The molecule has 0 saturated heterocycles. The summed E-state index contributed by atoms with van der Waals surface area (Å²) in [7, 11) is -3.52. The number of sulfonamides is 1. The van der Waals surface area contributed by atoms with Crippen LogP contribution in [0.5, 0.6) is 0 Å². The van der Waals surface area contributed by atoms with Crippen LogP contribution in [0.25, 0.3) is 10.9 Å². The van der Waals surface area contributed by atoms with E-state index < -0.39 is 10.0 Å². The Hall–Kier alpha value is -1.66. The molecule has 1 aromatic carbocycles. The van der Waals surface area contributed by atoms with Crippen LogP contribution in [0.1, 0.15) is 20.3 Å². The van der Waals surface area contributed by atoms with Crippen LogP contribution in [-0.4, -0.2) is 19.4 Å². The molecule has 1 aromatic heterocycles. The highest BCUT2D eigenvalue weighted by atomic mass is 32.2. The summed E-state index contributed by atoms with van der Waals surface area (Å²) in [5, 5.41) is 0.687. The van der Waals surface area contributed by atoms with Crippen LogP contribution >= 0.6 is 0 Å². The van der Waals surface area contributed by atoms with E-state index in [1.165, 1.54) is 12.1 Å². The Morgan fingerprint density at radius 1 is 1.26 bits per heavy atom. The van der Waals surface area contributed by atoms with E-state index in [1.54, 1.807) is 18.2 Å². The van der Waals surface area contributed by atoms with E-state index in [9.17, 15) is 13.2 Å². The van der Waals surface area contributed by atoms with Crippen molar-refractivity contribution in [1.29, 1.82) is 0 Å². The van der Waals surface area contributed by atoms with Crippen molar-refractivity contribution >= 4 is 20.9 Å². The van der Waals surface area contributed by atoms with Gasteiger partial charge in [-0.3, -0.25) is 4.79 Å². The molecule has 0 amide bonds. The van der Waals surface area contributed by atoms with Gasteiger partial charge in [-0.25, -0.2) is 13.1 Å². The largest absolute Gasteiger partial charge is 0.322 e. The number of aromatic amines is 1. The Labute approximate surface area is 111 Å². The maximum atomic E-state index is 12.1. The monoisotopic (exact) mass is 280 g/mol. The van der Waals surface area contributed by atoms with Gasteiger partial charge in [0.2, 0.25) is 15.6 Å². The molecule has 2 N–H and O–H groups in total. The first-order chi connectivity index (χ1) is 8.92. The van der Waals surface area contributed by atoms with Crippen LogP contribution in [0.15, 0.2) is 40.0 Å². The average molecular weight is 280 g/mol. The molecule has 2 aromatic rings.